The monoisotopic (exact) mass is 185 g/mol. The van der Waals surface area contributed by atoms with Crippen LogP contribution in [0.1, 0.15) is 34.1 Å². The summed E-state index contributed by atoms with van der Waals surface area (Å²) in [5.74, 6) is -0.205. The van der Waals surface area contributed by atoms with Crippen molar-refractivity contribution in [2.24, 2.45) is 10.9 Å². The smallest absolute Gasteiger partial charge is 0.309 e. The highest BCUT2D eigenvalue weighted by Crippen LogP contribution is 2.06. The Bertz CT molecular complexity index is 187. The molecule has 3 nitrogen and oxygen atoms in total. The van der Waals surface area contributed by atoms with Crippen molar-refractivity contribution in [2.75, 3.05) is 13.2 Å². The summed E-state index contributed by atoms with van der Waals surface area (Å²) in [4.78, 5) is 15.4. The molecule has 0 radical (unpaired) electrons. The average Bonchev–Trinajstić information content (AvgIpc) is 2.05. The van der Waals surface area contributed by atoms with Crippen LogP contribution in [0.5, 0.6) is 0 Å². The predicted octanol–water partition coefficient (Wildman–Crippen LogP) is 2.06. The molecule has 0 aliphatic heterocycles. The van der Waals surface area contributed by atoms with Gasteiger partial charge in [0.1, 0.15) is 0 Å². The van der Waals surface area contributed by atoms with E-state index in [0.29, 0.717) is 13.0 Å². The zero-order valence-corrected chi connectivity index (χ0v) is 8.96. The van der Waals surface area contributed by atoms with E-state index in [0.717, 1.165) is 12.3 Å². The van der Waals surface area contributed by atoms with E-state index in [-0.39, 0.29) is 11.9 Å². The number of carbonyl (C=O) groups excluding carboxylic acids is 1. The second-order valence-electron chi connectivity index (χ2n) is 3.07. The van der Waals surface area contributed by atoms with Crippen molar-refractivity contribution < 1.29 is 9.53 Å². The van der Waals surface area contributed by atoms with Crippen molar-refractivity contribution in [1.82, 2.24) is 0 Å². The SMILES string of the molecule is CCN=C(C)CC(C)C(=O)OCC. The normalized spacial score (nSPS) is 14.0. The molecule has 0 aromatic carbocycles. The van der Waals surface area contributed by atoms with Crippen LogP contribution < -0.4 is 0 Å². The number of hydrogen-bond donors (Lipinski definition) is 0. The third-order valence-corrected chi connectivity index (χ3v) is 1.72. The topological polar surface area (TPSA) is 38.7 Å². The van der Waals surface area contributed by atoms with Gasteiger partial charge in [-0.1, -0.05) is 6.92 Å². The molecule has 0 saturated heterocycles. The summed E-state index contributed by atoms with van der Waals surface area (Å²) in [6.07, 6.45) is 0.701. The van der Waals surface area contributed by atoms with Crippen LogP contribution in [0.4, 0.5) is 0 Å². The summed E-state index contributed by atoms with van der Waals surface area (Å²) in [5.41, 5.74) is 1.02. The maximum Gasteiger partial charge on any atom is 0.309 e. The lowest BCUT2D eigenvalue weighted by atomic mass is 10.1. The number of rotatable bonds is 5. The molecule has 0 amide bonds. The Hall–Kier alpha value is -0.860. The number of carbonyl (C=O) groups is 1. The zero-order chi connectivity index (χ0) is 10.3. The van der Waals surface area contributed by atoms with Gasteiger partial charge >= 0.3 is 5.97 Å². The molecule has 0 aromatic heterocycles. The second kappa shape index (κ2) is 6.63. The van der Waals surface area contributed by atoms with Gasteiger partial charge < -0.3 is 4.74 Å². The molecular formula is C10H19NO2. The van der Waals surface area contributed by atoms with Gasteiger partial charge in [-0.15, -0.1) is 0 Å². The number of hydrogen-bond acceptors (Lipinski definition) is 3. The van der Waals surface area contributed by atoms with Gasteiger partial charge in [-0.05, 0) is 27.2 Å². The number of esters is 1. The molecule has 1 unspecified atom stereocenters. The highest BCUT2D eigenvalue weighted by molar-refractivity contribution is 5.86. The van der Waals surface area contributed by atoms with E-state index in [9.17, 15) is 4.79 Å². The Kier molecular flexibility index (Phi) is 6.20. The van der Waals surface area contributed by atoms with Gasteiger partial charge in [0.25, 0.3) is 0 Å². The van der Waals surface area contributed by atoms with E-state index in [1.807, 2.05) is 27.7 Å². The Balaban J connectivity index is 3.92. The lowest BCUT2D eigenvalue weighted by Crippen LogP contribution is -2.17. The van der Waals surface area contributed by atoms with E-state index < -0.39 is 0 Å². The van der Waals surface area contributed by atoms with Gasteiger partial charge in [-0.25, -0.2) is 0 Å². The van der Waals surface area contributed by atoms with Crippen molar-refractivity contribution in [3.63, 3.8) is 0 Å². The molecule has 0 fully saturated rings. The van der Waals surface area contributed by atoms with E-state index in [2.05, 4.69) is 4.99 Å². The fourth-order valence-electron chi connectivity index (χ4n) is 1.15. The number of aliphatic imine (C=N–C) groups is 1. The molecule has 76 valence electrons. The molecule has 0 saturated carbocycles. The van der Waals surface area contributed by atoms with Crippen LogP contribution in [-0.4, -0.2) is 24.8 Å². The highest BCUT2D eigenvalue weighted by atomic mass is 16.5. The van der Waals surface area contributed by atoms with Gasteiger partial charge in [0.2, 0.25) is 0 Å². The number of nitrogens with zero attached hydrogens (tertiary/aromatic N) is 1. The van der Waals surface area contributed by atoms with E-state index in [1.165, 1.54) is 0 Å². The predicted molar refractivity (Wildman–Crippen MR) is 54.1 cm³/mol. The lowest BCUT2D eigenvalue weighted by molar-refractivity contribution is -0.147. The first-order valence-corrected chi connectivity index (χ1v) is 4.78. The van der Waals surface area contributed by atoms with Crippen molar-refractivity contribution >= 4 is 11.7 Å². The lowest BCUT2D eigenvalue weighted by Gasteiger charge is -2.09. The molecule has 0 rings (SSSR count). The van der Waals surface area contributed by atoms with Gasteiger partial charge in [0.15, 0.2) is 0 Å². The minimum Gasteiger partial charge on any atom is -0.466 e. The molecule has 0 aromatic rings. The summed E-state index contributed by atoms with van der Waals surface area (Å²) in [6.45, 7) is 8.84. The van der Waals surface area contributed by atoms with Crippen LogP contribution in [0, 0.1) is 5.92 Å². The molecule has 1 atom stereocenters. The average molecular weight is 185 g/mol. The van der Waals surface area contributed by atoms with E-state index in [1.54, 1.807) is 0 Å². The van der Waals surface area contributed by atoms with Crippen LogP contribution in [-0.2, 0) is 9.53 Å². The van der Waals surface area contributed by atoms with E-state index in [4.69, 9.17) is 4.74 Å². The zero-order valence-electron chi connectivity index (χ0n) is 8.96. The van der Waals surface area contributed by atoms with Gasteiger partial charge in [-0.3, -0.25) is 9.79 Å². The molecule has 0 N–H and O–H groups in total. The summed E-state index contributed by atoms with van der Waals surface area (Å²) in [6, 6.07) is 0. The maximum atomic E-state index is 11.2. The van der Waals surface area contributed by atoms with Crippen molar-refractivity contribution in [1.29, 1.82) is 0 Å². The quantitative estimate of drug-likeness (QED) is 0.485. The molecule has 0 heterocycles. The van der Waals surface area contributed by atoms with Gasteiger partial charge in [-0.2, -0.15) is 0 Å². The first kappa shape index (κ1) is 12.1. The molecule has 0 aliphatic carbocycles. The van der Waals surface area contributed by atoms with Crippen molar-refractivity contribution in [2.45, 2.75) is 34.1 Å². The molecule has 13 heavy (non-hydrogen) atoms. The summed E-state index contributed by atoms with van der Waals surface area (Å²) in [5, 5.41) is 0. The molecular weight excluding hydrogens is 166 g/mol. The minimum absolute atomic E-state index is 0.0738. The minimum atomic E-state index is -0.131. The Morgan fingerprint density at radius 3 is 2.54 bits per heavy atom. The Labute approximate surface area is 80.2 Å². The highest BCUT2D eigenvalue weighted by Gasteiger charge is 2.14. The van der Waals surface area contributed by atoms with Gasteiger partial charge in [0.05, 0.1) is 12.5 Å². The van der Waals surface area contributed by atoms with Crippen LogP contribution in [0.2, 0.25) is 0 Å². The fourth-order valence-corrected chi connectivity index (χ4v) is 1.15. The molecule has 3 heteroatoms. The standard InChI is InChI=1S/C10H19NO2/c1-5-11-9(4)7-8(3)10(12)13-6-2/h8H,5-7H2,1-4H3. The van der Waals surface area contributed by atoms with Crippen molar-refractivity contribution in [3.05, 3.63) is 0 Å². The summed E-state index contributed by atoms with van der Waals surface area (Å²) in [7, 11) is 0. The Morgan fingerprint density at radius 2 is 2.08 bits per heavy atom. The number of ether oxygens (including phenoxy) is 1. The Morgan fingerprint density at radius 1 is 1.46 bits per heavy atom. The van der Waals surface area contributed by atoms with Crippen LogP contribution in [0.3, 0.4) is 0 Å². The second-order valence-corrected chi connectivity index (χ2v) is 3.07. The first-order valence-electron chi connectivity index (χ1n) is 4.78. The summed E-state index contributed by atoms with van der Waals surface area (Å²) < 4.78 is 4.89. The third-order valence-electron chi connectivity index (χ3n) is 1.72. The maximum absolute atomic E-state index is 11.2. The molecule has 0 aliphatic rings. The molecule has 0 bridgehead atoms. The summed E-state index contributed by atoms with van der Waals surface area (Å²) >= 11 is 0. The molecule has 0 spiro atoms. The largest absolute Gasteiger partial charge is 0.466 e. The fraction of sp³-hybridized carbons (Fsp3) is 0.800. The van der Waals surface area contributed by atoms with Crippen LogP contribution in [0.25, 0.3) is 0 Å². The third kappa shape index (κ3) is 5.39. The van der Waals surface area contributed by atoms with E-state index >= 15 is 0 Å². The van der Waals surface area contributed by atoms with Crippen LogP contribution in [0.15, 0.2) is 4.99 Å². The first-order chi connectivity index (χ1) is 6.11. The van der Waals surface area contributed by atoms with Crippen LogP contribution >= 0.6 is 0 Å². The van der Waals surface area contributed by atoms with Gasteiger partial charge in [0, 0.05) is 12.3 Å². The van der Waals surface area contributed by atoms with Crippen molar-refractivity contribution in [3.8, 4) is 0 Å².